The van der Waals surface area contributed by atoms with Crippen molar-refractivity contribution in [1.82, 2.24) is 0 Å². The van der Waals surface area contributed by atoms with Crippen molar-refractivity contribution in [3.05, 3.63) is 58.7 Å². The standard InChI is InChI=1S/C33H52O2/c1-14-23(21-15-17-26(34)24(19-21)28(30(2,3)4)31(5,6)7)22-16-18-27(35)25(20-22)29(32(8,9)10)33(11,12)13/h15-20,23,28-29,34-35H,14H2,1-13H3. The first-order valence-corrected chi connectivity index (χ1v) is 13.3. The number of rotatable bonds is 5. The van der Waals surface area contributed by atoms with Gasteiger partial charge in [0.1, 0.15) is 11.5 Å². The van der Waals surface area contributed by atoms with Gasteiger partial charge in [0, 0.05) is 5.92 Å². The molecule has 0 spiro atoms. The predicted molar refractivity (Wildman–Crippen MR) is 152 cm³/mol. The van der Waals surface area contributed by atoms with Crippen molar-refractivity contribution in [1.29, 1.82) is 0 Å². The topological polar surface area (TPSA) is 40.5 Å². The minimum absolute atomic E-state index is 0.00834. The SMILES string of the molecule is CCC(c1ccc(O)c(C(C(C)(C)C)C(C)(C)C)c1)c1ccc(O)c(C(C(C)(C)C)C(C)(C)C)c1. The lowest BCUT2D eigenvalue weighted by molar-refractivity contribution is 0.172. The van der Waals surface area contributed by atoms with Gasteiger partial charge in [-0.3, -0.25) is 0 Å². The molecule has 0 amide bonds. The Kier molecular flexibility index (Phi) is 8.22. The molecule has 35 heavy (non-hydrogen) atoms. The second-order valence-electron chi connectivity index (χ2n) is 14.9. The number of hydrogen-bond donors (Lipinski definition) is 2. The molecule has 0 aromatic heterocycles. The molecule has 0 bridgehead atoms. The van der Waals surface area contributed by atoms with Crippen LogP contribution in [0.1, 0.15) is 136 Å². The molecule has 196 valence electrons. The quantitative estimate of drug-likeness (QED) is 0.447. The zero-order valence-corrected chi connectivity index (χ0v) is 24.8. The summed E-state index contributed by atoms with van der Waals surface area (Å²) in [5.74, 6) is 1.36. The molecule has 2 nitrogen and oxygen atoms in total. The van der Waals surface area contributed by atoms with Gasteiger partial charge in [-0.05, 0) is 74.3 Å². The molecule has 2 aromatic carbocycles. The van der Waals surface area contributed by atoms with E-state index in [9.17, 15) is 10.2 Å². The van der Waals surface area contributed by atoms with Gasteiger partial charge in [0.15, 0.2) is 0 Å². The fraction of sp³-hybridized carbons (Fsp3) is 0.636. The van der Waals surface area contributed by atoms with Crippen molar-refractivity contribution in [3.8, 4) is 11.5 Å². The van der Waals surface area contributed by atoms with E-state index in [1.54, 1.807) is 0 Å². The molecule has 0 atom stereocenters. The van der Waals surface area contributed by atoms with Crippen LogP contribution in [0.4, 0.5) is 0 Å². The van der Waals surface area contributed by atoms with Crippen LogP contribution in [0.2, 0.25) is 0 Å². The second-order valence-corrected chi connectivity index (χ2v) is 14.9. The van der Waals surface area contributed by atoms with Gasteiger partial charge >= 0.3 is 0 Å². The summed E-state index contributed by atoms with van der Waals surface area (Å²) in [4.78, 5) is 0. The Morgan fingerprint density at radius 2 is 0.829 bits per heavy atom. The average Bonchev–Trinajstić information content (AvgIpc) is 2.62. The summed E-state index contributed by atoms with van der Waals surface area (Å²) in [6, 6.07) is 12.4. The fourth-order valence-electron chi connectivity index (χ4n) is 7.17. The van der Waals surface area contributed by atoms with Gasteiger partial charge in [-0.15, -0.1) is 0 Å². The summed E-state index contributed by atoms with van der Waals surface area (Å²) in [7, 11) is 0. The summed E-state index contributed by atoms with van der Waals surface area (Å²) < 4.78 is 0. The van der Waals surface area contributed by atoms with Crippen molar-refractivity contribution in [2.75, 3.05) is 0 Å². The molecule has 0 aliphatic heterocycles. The van der Waals surface area contributed by atoms with Crippen molar-refractivity contribution in [3.63, 3.8) is 0 Å². The second kappa shape index (κ2) is 9.83. The van der Waals surface area contributed by atoms with Crippen molar-refractivity contribution < 1.29 is 10.2 Å². The van der Waals surface area contributed by atoms with Gasteiger partial charge in [-0.1, -0.05) is 114 Å². The van der Waals surface area contributed by atoms with Gasteiger partial charge in [-0.25, -0.2) is 0 Å². The summed E-state index contributed by atoms with van der Waals surface area (Å²) in [6.07, 6.45) is 0.944. The van der Waals surface area contributed by atoms with E-state index in [-0.39, 0.29) is 39.4 Å². The van der Waals surface area contributed by atoms with Crippen LogP contribution in [0.3, 0.4) is 0 Å². The number of phenols is 2. The Balaban J connectivity index is 2.69. The van der Waals surface area contributed by atoms with Gasteiger partial charge in [-0.2, -0.15) is 0 Å². The third-order valence-corrected chi connectivity index (χ3v) is 7.40. The molecule has 2 heteroatoms. The van der Waals surface area contributed by atoms with Crippen molar-refractivity contribution >= 4 is 0 Å². The van der Waals surface area contributed by atoms with E-state index >= 15 is 0 Å². The lowest BCUT2D eigenvalue weighted by Crippen LogP contribution is -2.30. The first kappa shape index (κ1) is 29.3. The van der Waals surface area contributed by atoms with Gasteiger partial charge < -0.3 is 10.2 Å². The van der Waals surface area contributed by atoms with Crippen LogP contribution >= 0.6 is 0 Å². The molecule has 2 rings (SSSR count). The monoisotopic (exact) mass is 480 g/mol. The summed E-state index contributed by atoms with van der Waals surface area (Å²) in [5.41, 5.74) is 4.53. The molecule has 2 aromatic rings. The Morgan fingerprint density at radius 1 is 0.543 bits per heavy atom. The lowest BCUT2D eigenvalue weighted by Gasteiger charge is -2.42. The average molecular weight is 481 g/mol. The van der Waals surface area contributed by atoms with E-state index in [0.29, 0.717) is 11.5 Å². The first-order chi connectivity index (χ1) is 15.7. The summed E-state index contributed by atoms with van der Waals surface area (Å²) in [6.45, 7) is 29.4. The van der Waals surface area contributed by atoms with Crippen LogP contribution in [0, 0.1) is 21.7 Å². The largest absolute Gasteiger partial charge is 0.508 e. The molecule has 0 saturated heterocycles. The molecular weight excluding hydrogens is 428 g/mol. The molecule has 0 saturated carbocycles. The third-order valence-electron chi connectivity index (χ3n) is 7.40. The lowest BCUT2D eigenvalue weighted by atomic mass is 9.63. The maximum absolute atomic E-state index is 11.0. The summed E-state index contributed by atoms with van der Waals surface area (Å²) >= 11 is 0. The van der Waals surface area contributed by atoms with E-state index in [1.165, 1.54) is 11.1 Å². The highest BCUT2D eigenvalue weighted by atomic mass is 16.3. The number of aromatic hydroxyl groups is 2. The number of phenolic OH excluding ortho intramolecular Hbond substituents is 2. The van der Waals surface area contributed by atoms with E-state index in [0.717, 1.165) is 17.5 Å². The Morgan fingerprint density at radius 3 is 1.06 bits per heavy atom. The minimum Gasteiger partial charge on any atom is -0.508 e. The molecule has 0 aliphatic rings. The number of hydrogen-bond acceptors (Lipinski definition) is 2. The van der Waals surface area contributed by atoms with E-state index in [4.69, 9.17) is 0 Å². The van der Waals surface area contributed by atoms with E-state index in [1.807, 2.05) is 12.1 Å². The highest BCUT2D eigenvalue weighted by Gasteiger charge is 2.39. The zero-order valence-electron chi connectivity index (χ0n) is 24.8. The van der Waals surface area contributed by atoms with Crippen molar-refractivity contribution in [2.24, 2.45) is 21.7 Å². The van der Waals surface area contributed by atoms with Crippen LogP contribution in [-0.4, -0.2) is 10.2 Å². The maximum atomic E-state index is 11.0. The predicted octanol–water partition coefficient (Wildman–Crippen LogP) is 9.99. The van der Waals surface area contributed by atoms with Crippen LogP contribution in [0.5, 0.6) is 11.5 Å². The minimum atomic E-state index is 0.00834. The summed E-state index contributed by atoms with van der Waals surface area (Å²) in [5, 5.41) is 21.9. The Bertz CT molecular complexity index is 894. The van der Waals surface area contributed by atoms with Gasteiger partial charge in [0.05, 0.1) is 0 Å². The van der Waals surface area contributed by atoms with E-state index < -0.39 is 0 Å². The first-order valence-electron chi connectivity index (χ1n) is 13.3. The van der Waals surface area contributed by atoms with E-state index in [2.05, 4.69) is 114 Å². The molecular formula is C33H52O2. The molecule has 0 fully saturated rings. The molecule has 2 N–H and O–H groups in total. The zero-order chi connectivity index (χ0) is 27.1. The van der Waals surface area contributed by atoms with Gasteiger partial charge in [0.2, 0.25) is 0 Å². The van der Waals surface area contributed by atoms with Crippen LogP contribution in [0.25, 0.3) is 0 Å². The molecule has 0 unspecified atom stereocenters. The third kappa shape index (κ3) is 6.63. The molecule has 0 heterocycles. The Labute approximate surface area is 216 Å². The fourth-order valence-corrected chi connectivity index (χ4v) is 7.17. The molecule has 0 aliphatic carbocycles. The normalized spacial score (nSPS) is 13.8. The molecule has 0 radical (unpaired) electrons. The van der Waals surface area contributed by atoms with Gasteiger partial charge in [0.25, 0.3) is 0 Å². The smallest absolute Gasteiger partial charge is 0.119 e. The van der Waals surface area contributed by atoms with Crippen LogP contribution in [-0.2, 0) is 0 Å². The van der Waals surface area contributed by atoms with Crippen molar-refractivity contribution in [2.45, 2.75) is 114 Å². The Hall–Kier alpha value is -1.96. The van der Waals surface area contributed by atoms with Crippen LogP contribution < -0.4 is 0 Å². The highest BCUT2D eigenvalue weighted by Crippen LogP contribution is 2.52. The maximum Gasteiger partial charge on any atom is 0.119 e. The van der Waals surface area contributed by atoms with Crippen LogP contribution in [0.15, 0.2) is 36.4 Å². The highest BCUT2D eigenvalue weighted by molar-refractivity contribution is 5.47. The number of benzene rings is 2.